The smallest absolute Gasteiger partial charge is 0.331 e. The summed E-state index contributed by atoms with van der Waals surface area (Å²) in [6, 6.07) is 15.1. The second-order valence-electron chi connectivity index (χ2n) is 7.79. The average molecular weight is 404 g/mol. The molecule has 0 radical (unpaired) electrons. The van der Waals surface area contributed by atoms with Crippen molar-refractivity contribution in [1.82, 2.24) is 0 Å². The Bertz CT molecular complexity index is 991. The number of hydrogen-bond acceptors (Lipinski definition) is 5. The molecule has 2 rings (SSSR count). The highest BCUT2D eigenvalue weighted by Crippen LogP contribution is 2.18. The summed E-state index contributed by atoms with van der Waals surface area (Å²) in [6.45, 7) is 6.94. The van der Waals surface area contributed by atoms with Crippen LogP contribution in [-0.2, 0) is 14.3 Å². The van der Waals surface area contributed by atoms with Gasteiger partial charge in [-0.1, -0.05) is 32.9 Å². The number of esters is 1. The molecule has 154 valence electrons. The molecule has 0 spiro atoms. The van der Waals surface area contributed by atoms with Gasteiger partial charge in [0, 0.05) is 22.7 Å². The van der Waals surface area contributed by atoms with Crippen molar-refractivity contribution >= 4 is 29.4 Å². The van der Waals surface area contributed by atoms with Crippen LogP contribution in [-0.4, -0.2) is 23.8 Å². The van der Waals surface area contributed by atoms with Crippen LogP contribution in [0.15, 0.2) is 54.6 Å². The highest BCUT2D eigenvalue weighted by molar-refractivity contribution is 6.01. The van der Waals surface area contributed by atoms with Gasteiger partial charge in [-0.05, 0) is 55.0 Å². The molecule has 0 aliphatic heterocycles. The van der Waals surface area contributed by atoms with Gasteiger partial charge in [0.2, 0.25) is 11.7 Å². The minimum Gasteiger partial charge on any atom is -0.451 e. The van der Waals surface area contributed by atoms with E-state index in [2.05, 4.69) is 5.32 Å². The lowest BCUT2D eigenvalue weighted by Crippen LogP contribution is -2.27. The molecule has 2 aromatic rings. The van der Waals surface area contributed by atoms with Crippen molar-refractivity contribution in [3.8, 4) is 6.07 Å². The van der Waals surface area contributed by atoms with E-state index in [1.807, 2.05) is 26.8 Å². The number of carbonyl (C=O) groups excluding carboxylic acids is 3. The number of carbonyl (C=O) groups is 3. The molecule has 1 atom stereocenters. The Labute approximate surface area is 176 Å². The minimum atomic E-state index is -0.960. The van der Waals surface area contributed by atoms with Crippen LogP contribution in [0, 0.1) is 16.7 Å². The Kier molecular flexibility index (Phi) is 7.27. The van der Waals surface area contributed by atoms with Crippen molar-refractivity contribution in [2.24, 2.45) is 5.41 Å². The number of anilines is 1. The number of nitriles is 1. The first-order chi connectivity index (χ1) is 14.1. The van der Waals surface area contributed by atoms with Gasteiger partial charge in [0.15, 0.2) is 6.10 Å². The van der Waals surface area contributed by atoms with E-state index in [1.54, 1.807) is 54.6 Å². The summed E-state index contributed by atoms with van der Waals surface area (Å²) in [5, 5.41) is 11.6. The topological polar surface area (TPSA) is 96.3 Å². The molecule has 30 heavy (non-hydrogen) atoms. The molecule has 0 aliphatic rings. The second kappa shape index (κ2) is 9.66. The zero-order valence-electron chi connectivity index (χ0n) is 17.4. The fourth-order valence-corrected chi connectivity index (χ4v) is 2.37. The van der Waals surface area contributed by atoms with Gasteiger partial charge in [-0.15, -0.1) is 0 Å². The number of amides is 1. The lowest BCUT2D eigenvalue weighted by atomic mass is 9.95. The Morgan fingerprint density at radius 2 is 1.63 bits per heavy atom. The molecule has 0 aromatic heterocycles. The van der Waals surface area contributed by atoms with Crippen molar-refractivity contribution in [2.75, 3.05) is 5.32 Å². The molecule has 0 heterocycles. The number of hydrogen-bond donors (Lipinski definition) is 1. The second-order valence-corrected chi connectivity index (χ2v) is 7.79. The van der Waals surface area contributed by atoms with Gasteiger partial charge in [-0.25, -0.2) is 4.79 Å². The van der Waals surface area contributed by atoms with E-state index in [1.165, 1.54) is 13.0 Å². The maximum atomic E-state index is 12.5. The van der Waals surface area contributed by atoms with Gasteiger partial charge in [0.05, 0.1) is 11.6 Å². The predicted octanol–water partition coefficient (Wildman–Crippen LogP) is 4.37. The summed E-state index contributed by atoms with van der Waals surface area (Å²) >= 11 is 0. The molecule has 0 fully saturated rings. The van der Waals surface area contributed by atoms with E-state index in [0.717, 1.165) is 5.56 Å². The van der Waals surface area contributed by atoms with E-state index in [4.69, 9.17) is 10.00 Å². The fraction of sp³-hybridized carbons (Fsp3) is 0.250. The molecule has 0 unspecified atom stereocenters. The number of benzene rings is 2. The van der Waals surface area contributed by atoms with Crippen LogP contribution < -0.4 is 5.32 Å². The SMILES string of the molecule is C[C@H](OC(=O)/C=C/c1ccc(C#N)cc1)C(=O)c1ccc(NC(=O)C(C)(C)C)cc1. The third kappa shape index (κ3) is 6.42. The summed E-state index contributed by atoms with van der Waals surface area (Å²) in [7, 11) is 0. The third-order valence-corrected chi connectivity index (χ3v) is 4.22. The lowest BCUT2D eigenvalue weighted by Gasteiger charge is -2.18. The zero-order chi connectivity index (χ0) is 22.3. The number of nitrogens with one attached hydrogen (secondary N) is 1. The molecule has 6 nitrogen and oxygen atoms in total. The molecule has 0 saturated heterocycles. The molecule has 2 aromatic carbocycles. The Balaban J connectivity index is 1.94. The highest BCUT2D eigenvalue weighted by Gasteiger charge is 2.22. The number of nitrogens with zero attached hydrogens (tertiary/aromatic N) is 1. The van der Waals surface area contributed by atoms with Crippen molar-refractivity contribution in [3.05, 3.63) is 71.3 Å². The molecule has 0 saturated carbocycles. The number of ether oxygens (including phenoxy) is 1. The monoisotopic (exact) mass is 404 g/mol. The zero-order valence-corrected chi connectivity index (χ0v) is 17.4. The predicted molar refractivity (Wildman–Crippen MR) is 115 cm³/mol. The van der Waals surface area contributed by atoms with Crippen LogP contribution in [0.2, 0.25) is 0 Å². The van der Waals surface area contributed by atoms with Gasteiger partial charge in [0.25, 0.3) is 0 Å². The Morgan fingerprint density at radius 3 is 2.17 bits per heavy atom. The van der Waals surface area contributed by atoms with E-state index in [9.17, 15) is 14.4 Å². The van der Waals surface area contributed by atoms with Gasteiger partial charge < -0.3 is 10.1 Å². The maximum absolute atomic E-state index is 12.5. The largest absolute Gasteiger partial charge is 0.451 e. The highest BCUT2D eigenvalue weighted by atomic mass is 16.5. The van der Waals surface area contributed by atoms with E-state index in [-0.39, 0.29) is 11.7 Å². The van der Waals surface area contributed by atoms with Crippen LogP contribution in [0.1, 0.15) is 49.2 Å². The molecule has 0 bridgehead atoms. The van der Waals surface area contributed by atoms with Gasteiger partial charge >= 0.3 is 5.97 Å². The van der Waals surface area contributed by atoms with Crippen LogP contribution >= 0.6 is 0 Å². The quantitative estimate of drug-likeness (QED) is 0.438. The molecular formula is C24H24N2O4. The van der Waals surface area contributed by atoms with Crippen LogP contribution in [0.5, 0.6) is 0 Å². The van der Waals surface area contributed by atoms with Crippen LogP contribution in [0.4, 0.5) is 5.69 Å². The summed E-state index contributed by atoms with van der Waals surface area (Å²) in [6.07, 6.45) is 1.82. The lowest BCUT2D eigenvalue weighted by molar-refractivity contribution is -0.140. The minimum absolute atomic E-state index is 0.127. The summed E-state index contributed by atoms with van der Waals surface area (Å²) in [5.41, 5.74) is 1.69. The van der Waals surface area contributed by atoms with E-state index < -0.39 is 17.5 Å². The molecule has 1 N–H and O–H groups in total. The summed E-state index contributed by atoms with van der Waals surface area (Å²) in [4.78, 5) is 36.5. The first-order valence-electron chi connectivity index (χ1n) is 9.45. The van der Waals surface area contributed by atoms with Crippen molar-refractivity contribution in [3.63, 3.8) is 0 Å². The first-order valence-corrected chi connectivity index (χ1v) is 9.45. The number of Topliss-reactive ketones (excluding diaryl/α,β-unsaturated/α-hetero) is 1. The van der Waals surface area contributed by atoms with Crippen molar-refractivity contribution < 1.29 is 19.1 Å². The number of ketones is 1. The van der Waals surface area contributed by atoms with Crippen LogP contribution in [0.25, 0.3) is 6.08 Å². The summed E-state index contributed by atoms with van der Waals surface area (Å²) < 4.78 is 5.18. The molecule has 6 heteroatoms. The van der Waals surface area contributed by atoms with Crippen molar-refractivity contribution in [1.29, 1.82) is 5.26 Å². The standard InChI is InChI=1S/C24H24N2O4/c1-16(30-21(27)14-9-17-5-7-18(15-25)8-6-17)22(28)19-10-12-20(13-11-19)26-23(29)24(2,3)4/h5-14,16H,1-4H3,(H,26,29)/b14-9+/t16-/m0/s1. The van der Waals surface area contributed by atoms with Crippen molar-refractivity contribution in [2.45, 2.75) is 33.8 Å². The maximum Gasteiger partial charge on any atom is 0.331 e. The normalized spacial score (nSPS) is 12.1. The van der Waals surface area contributed by atoms with E-state index >= 15 is 0 Å². The first kappa shape index (κ1) is 22.6. The Morgan fingerprint density at radius 1 is 1.03 bits per heavy atom. The van der Waals surface area contributed by atoms with Gasteiger partial charge in [0.1, 0.15) is 0 Å². The summed E-state index contributed by atoms with van der Waals surface area (Å²) in [5.74, 6) is -1.11. The van der Waals surface area contributed by atoms with Crippen LogP contribution in [0.3, 0.4) is 0 Å². The number of rotatable bonds is 6. The average Bonchev–Trinajstić information content (AvgIpc) is 2.72. The molecule has 1 amide bonds. The third-order valence-electron chi connectivity index (χ3n) is 4.22. The fourth-order valence-electron chi connectivity index (χ4n) is 2.37. The molecule has 0 aliphatic carbocycles. The van der Waals surface area contributed by atoms with Gasteiger partial charge in [-0.2, -0.15) is 5.26 Å². The van der Waals surface area contributed by atoms with E-state index in [0.29, 0.717) is 16.8 Å². The Hall–Kier alpha value is -3.72. The molecular weight excluding hydrogens is 380 g/mol. The van der Waals surface area contributed by atoms with Gasteiger partial charge in [-0.3, -0.25) is 9.59 Å².